The maximum absolute atomic E-state index is 13.1. The molecule has 1 aromatic heterocycles. The Hall–Kier alpha value is -3.66. The number of benzene rings is 3. The van der Waals surface area contributed by atoms with Gasteiger partial charge in [0.2, 0.25) is 10.0 Å². The molecular formula is C33H40N4O4S. The fourth-order valence-electron chi connectivity index (χ4n) is 5.89. The maximum atomic E-state index is 13.1. The zero-order chi connectivity index (χ0) is 29.7. The summed E-state index contributed by atoms with van der Waals surface area (Å²) in [6.45, 7) is 7.30. The van der Waals surface area contributed by atoms with Crippen molar-refractivity contribution in [2.45, 2.75) is 32.6 Å². The third kappa shape index (κ3) is 6.69. The highest BCUT2D eigenvalue weighted by Crippen LogP contribution is 2.37. The number of aryl methyl sites for hydroxylation is 1. The van der Waals surface area contributed by atoms with E-state index in [2.05, 4.69) is 48.0 Å². The average molecular weight is 589 g/mol. The maximum Gasteiger partial charge on any atom is 0.250 e. The minimum atomic E-state index is -3.42. The Labute approximate surface area is 248 Å². The van der Waals surface area contributed by atoms with Gasteiger partial charge in [0.1, 0.15) is 0 Å². The monoisotopic (exact) mass is 588 g/mol. The molecule has 4 aromatic rings. The van der Waals surface area contributed by atoms with Crippen LogP contribution in [0.3, 0.4) is 0 Å². The molecule has 0 bridgehead atoms. The summed E-state index contributed by atoms with van der Waals surface area (Å²) in [6.07, 6.45) is 3.36. The number of nitrogens with one attached hydrogen (secondary N) is 1. The van der Waals surface area contributed by atoms with Gasteiger partial charge in [0.05, 0.1) is 30.0 Å². The van der Waals surface area contributed by atoms with Crippen molar-refractivity contribution in [2.75, 3.05) is 50.0 Å². The van der Waals surface area contributed by atoms with Gasteiger partial charge in [0.25, 0.3) is 5.91 Å². The SMILES string of the molecule is CCN(CCOCCS(=O)(=O)N1CCC(c2c[nH]c3c(C(N)=O)cc(-c4ccccc4)cc23)CC1)c1cccc(C)c1. The molecule has 222 valence electrons. The van der Waals surface area contributed by atoms with Crippen LogP contribution in [0, 0.1) is 6.92 Å². The first-order valence-electron chi connectivity index (χ1n) is 14.6. The molecule has 9 heteroatoms. The quantitative estimate of drug-likeness (QED) is 0.219. The number of piperidine rings is 1. The zero-order valence-electron chi connectivity index (χ0n) is 24.4. The Balaban J connectivity index is 1.18. The van der Waals surface area contributed by atoms with E-state index >= 15 is 0 Å². The van der Waals surface area contributed by atoms with E-state index in [-0.39, 0.29) is 18.3 Å². The van der Waals surface area contributed by atoms with Gasteiger partial charge in [-0.25, -0.2) is 12.7 Å². The Morgan fingerprint density at radius 3 is 2.48 bits per heavy atom. The van der Waals surface area contributed by atoms with Crippen LogP contribution in [0.1, 0.15) is 47.2 Å². The lowest BCUT2D eigenvalue weighted by Crippen LogP contribution is -2.40. The molecule has 1 aliphatic rings. The Bertz CT molecular complexity index is 1630. The molecular weight excluding hydrogens is 548 g/mol. The first-order valence-corrected chi connectivity index (χ1v) is 16.2. The summed E-state index contributed by atoms with van der Waals surface area (Å²) in [5.41, 5.74) is 12.3. The summed E-state index contributed by atoms with van der Waals surface area (Å²) in [5, 5.41) is 0.964. The largest absolute Gasteiger partial charge is 0.379 e. The molecule has 3 N–H and O–H groups in total. The predicted octanol–water partition coefficient (Wildman–Crippen LogP) is 5.29. The number of primary amides is 1. The number of aromatic amines is 1. The van der Waals surface area contributed by atoms with E-state index in [0.717, 1.165) is 39.8 Å². The number of H-pyrrole nitrogens is 1. The standard InChI is InChI=1S/C33H40N4O4S/c1-3-36(28-11-7-8-24(2)20-28)16-17-41-18-19-42(39,40)37-14-12-26(13-15-37)31-23-35-32-29(31)21-27(22-30(32)33(34)38)25-9-5-4-6-10-25/h4-11,20-23,26,35H,3,12-19H2,1-2H3,(H2,34,38). The van der Waals surface area contributed by atoms with Gasteiger partial charge < -0.3 is 20.4 Å². The molecule has 0 saturated carbocycles. The van der Waals surface area contributed by atoms with Crippen molar-refractivity contribution < 1.29 is 17.9 Å². The van der Waals surface area contributed by atoms with E-state index < -0.39 is 15.9 Å². The molecule has 1 saturated heterocycles. The van der Waals surface area contributed by atoms with Crippen LogP contribution in [0.2, 0.25) is 0 Å². The summed E-state index contributed by atoms with van der Waals surface area (Å²) < 4.78 is 33.6. The van der Waals surface area contributed by atoms with Gasteiger partial charge in [-0.1, -0.05) is 42.5 Å². The number of hydrogen-bond donors (Lipinski definition) is 2. The van der Waals surface area contributed by atoms with Crippen LogP contribution in [0.25, 0.3) is 22.0 Å². The van der Waals surface area contributed by atoms with Crippen molar-refractivity contribution in [1.29, 1.82) is 0 Å². The van der Waals surface area contributed by atoms with Crippen molar-refractivity contribution in [3.8, 4) is 11.1 Å². The molecule has 5 rings (SSSR count). The number of anilines is 1. The number of nitrogens with zero attached hydrogens (tertiary/aromatic N) is 2. The fraction of sp³-hybridized carbons (Fsp3) is 0.364. The van der Waals surface area contributed by atoms with E-state index in [0.29, 0.717) is 44.6 Å². The number of rotatable bonds is 12. The third-order valence-corrected chi connectivity index (χ3v) is 10.1. The van der Waals surface area contributed by atoms with Gasteiger partial charge in [-0.05, 0) is 79.1 Å². The highest BCUT2D eigenvalue weighted by atomic mass is 32.2. The summed E-state index contributed by atoms with van der Waals surface area (Å²) in [6, 6.07) is 22.2. The average Bonchev–Trinajstić information content (AvgIpc) is 3.43. The Kier molecular flexibility index (Phi) is 9.30. The van der Waals surface area contributed by atoms with Gasteiger partial charge in [-0.3, -0.25) is 4.79 Å². The number of ether oxygens (including phenoxy) is 1. The minimum absolute atomic E-state index is 0.0241. The van der Waals surface area contributed by atoms with Crippen molar-refractivity contribution in [3.05, 3.63) is 89.6 Å². The normalized spacial score (nSPS) is 14.8. The first-order chi connectivity index (χ1) is 20.3. The number of likely N-dealkylation sites (N-methyl/N-ethyl adjacent to an activating group) is 1. The number of carbonyl (C=O) groups excluding carboxylic acids is 1. The molecule has 1 aliphatic heterocycles. The van der Waals surface area contributed by atoms with E-state index in [1.165, 1.54) is 5.56 Å². The summed E-state index contributed by atoms with van der Waals surface area (Å²) >= 11 is 0. The van der Waals surface area contributed by atoms with Crippen LogP contribution in [0.4, 0.5) is 5.69 Å². The topological polar surface area (TPSA) is 109 Å². The number of sulfonamides is 1. The first kappa shape index (κ1) is 29.8. The van der Waals surface area contributed by atoms with E-state index in [1.54, 1.807) is 4.31 Å². The third-order valence-electron chi connectivity index (χ3n) is 8.22. The lowest BCUT2D eigenvalue weighted by Gasteiger charge is -2.31. The Morgan fingerprint density at radius 2 is 1.79 bits per heavy atom. The highest BCUT2D eigenvalue weighted by molar-refractivity contribution is 7.89. The molecule has 8 nitrogen and oxygen atoms in total. The van der Waals surface area contributed by atoms with Crippen molar-refractivity contribution >= 4 is 32.5 Å². The predicted molar refractivity (Wildman–Crippen MR) is 169 cm³/mol. The lowest BCUT2D eigenvalue weighted by molar-refractivity contribution is 0.100. The number of hydrogen-bond acceptors (Lipinski definition) is 5. The number of aromatic nitrogens is 1. The van der Waals surface area contributed by atoms with Gasteiger partial charge in [-0.2, -0.15) is 0 Å². The lowest BCUT2D eigenvalue weighted by atomic mass is 9.88. The smallest absolute Gasteiger partial charge is 0.250 e. The molecule has 2 heterocycles. The molecule has 0 unspecified atom stereocenters. The fourth-order valence-corrected chi connectivity index (χ4v) is 7.25. The van der Waals surface area contributed by atoms with Gasteiger partial charge in [0, 0.05) is 43.4 Å². The van der Waals surface area contributed by atoms with Gasteiger partial charge >= 0.3 is 0 Å². The van der Waals surface area contributed by atoms with Crippen molar-refractivity contribution in [3.63, 3.8) is 0 Å². The molecule has 42 heavy (non-hydrogen) atoms. The van der Waals surface area contributed by atoms with E-state index in [4.69, 9.17) is 10.5 Å². The molecule has 0 aliphatic carbocycles. The number of fused-ring (bicyclic) bond motifs is 1. The summed E-state index contributed by atoms with van der Waals surface area (Å²) in [5.74, 6) is -0.328. The van der Waals surface area contributed by atoms with Crippen LogP contribution in [-0.2, 0) is 14.8 Å². The highest BCUT2D eigenvalue weighted by Gasteiger charge is 2.30. The molecule has 0 atom stereocenters. The van der Waals surface area contributed by atoms with Crippen molar-refractivity contribution in [1.82, 2.24) is 9.29 Å². The molecule has 0 radical (unpaired) electrons. The molecule has 1 fully saturated rings. The second-order valence-electron chi connectivity index (χ2n) is 10.9. The van der Waals surface area contributed by atoms with Crippen LogP contribution in [0.5, 0.6) is 0 Å². The number of amides is 1. The summed E-state index contributed by atoms with van der Waals surface area (Å²) in [7, 11) is -3.42. The zero-order valence-corrected chi connectivity index (χ0v) is 25.2. The van der Waals surface area contributed by atoms with E-state index in [1.807, 2.05) is 48.7 Å². The Morgan fingerprint density at radius 1 is 1.02 bits per heavy atom. The second kappa shape index (κ2) is 13.1. The van der Waals surface area contributed by atoms with Crippen LogP contribution < -0.4 is 10.6 Å². The van der Waals surface area contributed by atoms with Gasteiger partial charge in [-0.15, -0.1) is 0 Å². The number of carbonyl (C=O) groups is 1. The van der Waals surface area contributed by atoms with Gasteiger partial charge in [0.15, 0.2) is 0 Å². The van der Waals surface area contributed by atoms with Crippen molar-refractivity contribution in [2.24, 2.45) is 5.73 Å². The van der Waals surface area contributed by atoms with Crippen LogP contribution in [0.15, 0.2) is 72.9 Å². The molecule has 3 aromatic carbocycles. The molecule has 0 spiro atoms. The summed E-state index contributed by atoms with van der Waals surface area (Å²) in [4.78, 5) is 17.8. The number of nitrogens with two attached hydrogens (primary N) is 1. The molecule has 1 amide bonds. The second-order valence-corrected chi connectivity index (χ2v) is 13.0. The minimum Gasteiger partial charge on any atom is -0.379 e. The van der Waals surface area contributed by atoms with Crippen LogP contribution >= 0.6 is 0 Å². The van der Waals surface area contributed by atoms with Crippen LogP contribution in [-0.4, -0.2) is 68.8 Å². The van der Waals surface area contributed by atoms with E-state index in [9.17, 15) is 13.2 Å².